The third-order valence-corrected chi connectivity index (χ3v) is 4.68. The van der Waals surface area contributed by atoms with Gasteiger partial charge in [0.25, 0.3) is 0 Å². The van der Waals surface area contributed by atoms with Crippen LogP contribution in [-0.4, -0.2) is 30.1 Å². The van der Waals surface area contributed by atoms with Crippen LogP contribution in [0.2, 0.25) is 0 Å². The largest absolute Gasteiger partial charge is 0.395 e. The maximum absolute atomic E-state index is 9.30. The molecule has 94 valence electrons. The lowest BCUT2D eigenvalue weighted by Crippen LogP contribution is -2.39. The lowest BCUT2D eigenvalue weighted by atomic mass is 9.99. The first kappa shape index (κ1) is 12.9. The SMILES string of the molecule is CC(C)C(CO)NCC1CSc2ccccc21. The zero-order valence-electron chi connectivity index (χ0n) is 10.5. The van der Waals surface area contributed by atoms with Crippen molar-refractivity contribution in [2.75, 3.05) is 18.9 Å². The number of rotatable bonds is 5. The highest BCUT2D eigenvalue weighted by atomic mass is 32.2. The molecule has 0 saturated heterocycles. The summed E-state index contributed by atoms with van der Waals surface area (Å²) in [6.07, 6.45) is 0. The number of aliphatic hydroxyl groups is 1. The Morgan fingerprint density at radius 1 is 1.41 bits per heavy atom. The molecule has 1 heterocycles. The van der Waals surface area contributed by atoms with Crippen LogP contribution in [0.3, 0.4) is 0 Å². The molecule has 2 rings (SSSR count). The first-order chi connectivity index (χ1) is 8.22. The number of aliphatic hydroxyl groups excluding tert-OH is 1. The number of fused-ring (bicyclic) bond motifs is 1. The van der Waals surface area contributed by atoms with Crippen LogP contribution in [0, 0.1) is 5.92 Å². The van der Waals surface area contributed by atoms with Gasteiger partial charge < -0.3 is 10.4 Å². The van der Waals surface area contributed by atoms with Crippen molar-refractivity contribution >= 4 is 11.8 Å². The zero-order chi connectivity index (χ0) is 12.3. The first-order valence-corrected chi connectivity index (χ1v) is 7.27. The molecule has 0 bridgehead atoms. The Kier molecular flexibility index (Phi) is 4.48. The van der Waals surface area contributed by atoms with Crippen LogP contribution < -0.4 is 5.32 Å². The summed E-state index contributed by atoms with van der Waals surface area (Å²) in [6.45, 7) is 5.48. The van der Waals surface area contributed by atoms with Gasteiger partial charge in [-0.15, -0.1) is 11.8 Å². The quantitative estimate of drug-likeness (QED) is 0.843. The number of hydrogen-bond donors (Lipinski definition) is 2. The molecule has 1 aromatic carbocycles. The second-order valence-electron chi connectivity index (χ2n) is 4.99. The molecule has 0 radical (unpaired) electrons. The molecule has 0 spiro atoms. The maximum Gasteiger partial charge on any atom is 0.0587 e. The third-order valence-electron chi connectivity index (χ3n) is 3.43. The van der Waals surface area contributed by atoms with Crippen molar-refractivity contribution in [2.45, 2.75) is 30.7 Å². The minimum absolute atomic E-state index is 0.216. The van der Waals surface area contributed by atoms with E-state index in [0.29, 0.717) is 11.8 Å². The number of benzene rings is 1. The van der Waals surface area contributed by atoms with E-state index in [1.807, 2.05) is 11.8 Å². The molecule has 2 unspecified atom stereocenters. The molecule has 1 aliphatic rings. The Morgan fingerprint density at radius 3 is 2.88 bits per heavy atom. The average Bonchev–Trinajstić information content (AvgIpc) is 2.73. The highest BCUT2D eigenvalue weighted by Gasteiger charge is 2.23. The second kappa shape index (κ2) is 5.89. The molecule has 1 aromatic rings. The molecule has 0 aromatic heterocycles. The minimum atomic E-state index is 0.216. The van der Waals surface area contributed by atoms with Gasteiger partial charge in [0.15, 0.2) is 0 Å². The first-order valence-electron chi connectivity index (χ1n) is 6.28. The van der Waals surface area contributed by atoms with Crippen LogP contribution in [0.4, 0.5) is 0 Å². The molecular formula is C14H21NOS. The summed E-state index contributed by atoms with van der Waals surface area (Å²) in [5.41, 5.74) is 1.46. The van der Waals surface area contributed by atoms with Crippen molar-refractivity contribution in [2.24, 2.45) is 5.92 Å². The zero-order valence-corrected chi connectivity index (χ0v) is 11.3. The monoisotopic (exact) mass is 251 g/mol. The average molecular weight is 251 g/mol. The minimum Gasteiger partial charge on any atom is -0.395 e. The van der Waals surface area contributed by atoms with E-state index in [4.69, 9.17) is 0 Å². The maximum atomic E-state index is 9.30. The molecule has 2 atom stereocenters. The standard InChI is InChI=1S/C14H21NOS/c1-10(2)13(8-16)15-7-11-9-17-14-6-4-3-5-12(11)14/h3-6,10-11,13,15-16H,7-9H2,1-2H3. The van der Waals surface area contributed by atoms with E-state index < -0.39 is 0 Å². The summed E-state index contributed by atoms with van der Waals surface area (Å²) in [5.74, 6) is 2.22. The van der Waals surface area contributed by atoms with Crippen LogP contribution in [0.1, 0.15) is 25.3 Å². The molecule has 0 amide bonds. The lowest BCUT2D eigenvalue weighted by molar-refractivity contribution is 0.210. The van der Waals surface area contributed by atoms with Gasteiger partial charge in [0.05, 0.1) is 6.61 Å². The van der Waals surface area contributed by atoms with E-state index in [9.17, 15) is 5.11 Å². The lowest BCUT2D eigenvalue weighted by Gasteiger charge is -2.22. The Balaban J connectivity index is 1.93. The van der Waals surface area contributed by atoms with Gasteiger partial charge in [0, 0.05) is 29.2 Å². The van der Waals surface area contributed by atoms with E-state index in [-0.39, 0.29) is 12.6 Å². The van der Waals surface area contributed by atoms with Gasteiger partial charge in [-0.05, 0) is 17.5 Å². The Morgan fingerprint density at radius 2 is 2.18 bits per heavy atom. The molecule has 2 N–H and O–H groups in total. The van der Waals surface area contributed by atoms with E-state index in [2.05, 4.69) is 43.4 Å². The Hall–Kier alpha value is -0.510. The van der Waals surface area contributed by atoms with Crippen LogP contribution in [0.15, 0.2) is 29.2 Å². The van der Waals surface area contributed by atoms with Crippen molar-refractivity contribution in [1.29, 1.82) is 0 Å². The van der Waals surface area contributed by atoms with E-state index in [0.717, 1.165) is 12.3 Å². The highest BCUT2D eigenvalue weighted by Crippen LogP contribution is 2.38. The summed E-state index contributed by atoms with van der Waals surface area (Å²) in [7, 11) is 0. The summed E-state index contributed by atoms with van der Waals surface area (Å²) in [5, 5.41) is 12.8. The van der Waals surface area contributed by atoms with Gasteiger partial charge >= 0.3 is 0 Å². The summed E-state index contributed by atoms with van der Waals surface area (Å²) >= 11 is 1.94. The smallest absolute Gasteiger partial charge is 0.0587 e. The second-order valence-corrected chi connectivity index (χ2v) is 6.05. The third kappa shape index (κ3) is 3.03. The van der Waals surface area contributed by atoms with Gasteiger partial charge in [-0.25, -0.2) is 0 Å². The van der Waals surface area contributed by atoms with Crippen LogP contribution >= 0.6 is 11.8 Å². The molecule has 3 heteroatoms. The number of nitrogens with one attached hydrogen (secondary N) is 1. The molecule has 1 aliphatic heterocycles. The molecule has 0 fully saturated rings. The highest BCUT2D eigenvalue weighted by molar-refractivity contribution is 7.99. The molecular weight excluding hydrogens is 230 g/mol. The van der Waals surface area contributed by atoms with Gasteiger partial charge in [-0.1, -0.05) is 32.0 Å². The Labute approximate surface area is 108 Å². The number of thioether (sulfide) groups is 1. The summed E-state index contributed by atoms with van der Waals surface area (Å²) < 4.78 is 0. The van der Waals surface area contributed by atoms with Gasteiger partial charge in [-0.3, -0.25) is 0 Å². The fraction of sp³-hybridized carbons (Fsp3) is 0.571. The predicted octanol–water partition coefficient (Wildman–Crippen LogP) is 2.48. The van der Waals surface area contributed by atoms with Crippen molar-refractivity contribution in [3.8, 4) is 0 Å². The van der Waals surface area contributed by atoms with E-state index >= 15 is 0 Å². The van der Waals surface area contributed by atoms with Crippen LogP contribution in [0.25, 0.3) is 0 Å². The van der Waals surface area contributed by atoms with Gasteiger partial charge in [0.1, 0.15) is 0 Å². The van der Waals surface area contributed by atoms with E-state index in [1.165, 1.54) is 10.5 Å². The molecule has 2 nitrogen and oxygen atoms in total. The van der Waals surface area contributed by atoms with Crippen molar-refractivity contribution in [1.82, 2.24) is 5.32 Å². The van der Waals surface area contributed by atoms with Crippen molar-refractivity contribution in [3.63, 3.8) is 0 Å². The van der Waals surface area contributed by atoms with Crippen LogP contribution in [-0.2, 0) is 0 Å². The fourth-order valence-electron chi connectivity index (χ4n) is 2.20. The van der Waals surface area contributed by atoms with Gasteiger partial charge in [0.2, 0.25) is 0 Å². The number of hydrogen-bond acceptors (Lipinski definition) is 3. The normalized spacial score (nSPS) is 20.6. The summed E-state index contributed by atoms with van der Waals surface area (Å²) in [4.78, 5) is 1.42. The predicted molar refractivity (Wildman–Crippen MR) is 73.6 cm³/mol. The van der Waals surface area contributed by atoms with Crippen molar-refractivity contribution in [3.05, 3.63) is 29.8 Å². The van der Waals surface area contributed by atoms with Crippen molar-refractivity contribution < 1.29 is 5.11 Å². The topological polar surface area (TPSA) is 32.3 Å². The van der Waals surface area contributed by atoms with Gasteiger partial charge in [-0.2, -0.15) is 0 Å². The molecule has 0 saturated carbocycles. The fourth-order valence-corrected chi connectivity index (χ4v) is 3.46. The van der Waals surface area contributed by atoms with E-state index in [1.54, 1.807) is 0 Å². The molecule has 0 aliphatic carbocycles. The summed E-state index contributed by atoms with van der Waals surface area (Å²) in [6, 6.07) is 8.86. The van der Waals surface area contributed by atoms with Crippen LogP contribution in [0.5, 0.6) is 0 Å². The molecule has 17 heavy (non-hydrogen) atoms. The Bertz CT molecular complexity index is 367.